The van der Waals surface area contributed by atoms with Crippen molar-refractivity contribution in [3.8, 4) is 11.1 Å². The number of hydrogen-bond donors (Lipinski definition) is 0. The van der Waals surface area contributed by atoms with E-state index in [1.165, 1.54) is 5.56 Å². The van der Waals surface area contributed by atoms with Gasteiger partial charge in [-0.25, -0.2) is 4.39 Å². The highest BCUT2D eigenvalue weighted by molar-refractivity contribution is 7.15. The van der Waals surface area contributed by atoms with Gasteiger partial charge in [0.15, 0.2) is 0 Å². The van der Waals surface area contributed by atoms with E-state index in [0.29, 0.717) is 24.9 Å². The van der Waals surface area contributed by atoms with Crippen LogP contribution >= 0.6 is 18.5 Å². The highest BCUT2D eigenvalue weighted by Crippen LogP contribution is 2.33. The van der Waals surface area contributed by atoms with Crippen LogP contribution in [-0.2, 0) is 35.0 Å². The minimum Gasteiger partial charge on any atom is -0.380 e. The third-order valence-electron chi connectivity index (χ3n) is 3.74. The predicted octanol–water partition coefficient (Wildman–Crippen LogP) is 4.54. The quantitative estimate of drug-likeness (QED) is 0.682. The molecule has 2 aromatic rings. The molecule has 0 spiro atoms. The lowest BCUT2D eigenvalue weighted by Gasteiger charge is -2.17. The lowest BCUT2D eigenvalue weighted by Crippen LogP contribution is -2.02. The van der Waals surface area contributed by atoms with Gasteiger partial charge in [-0.05, 0) is 46.2 Å². The fraction of sp³-hybridized carbons (Fsp3) is 0.333. The molecule has 0 aliphatic carbocycles. The van der Waals surface area contributed by atoms with Crippen LogP contribution in [0.4, 0.5) is 4.39 Å². The summed E-state index contributed by atoms with van der Waals surface area (Å²) in [6.45, 7) is 0.827. The number of methoxy groups -OCH3 is 2. The Labute approximate surface area is 142 Å². The van der Waals surface area contributed by atoms with Crippen molar-refractivity contribution in [2.75, 3.05) is 14.2 Å². The van der Waals surface area contributed by atoms with Crippen LogP contribution in [0.15, 0.2) is 30.3 Å². The molecule has 5 heteroatoms. The molecule has 0 N–H and O–H groups in total. The average Bonchev–Trinajstić information content (AvgIpc) is 2.55. The molecule has 0 aliphatic heterocycles. The van der Waals surface area contributed by atoms with E-state index in [9.17, 15) is 4.39 Å². The molecule has 0 bridgehead atoms. The van der Waals surface area contributed by atoms with Gasteiger partial charge in [0, 0.05) is 19.8 Å². The van der Waals surface area contributed by atoms with Crippen LogP contribution in [0.2, 0.25) is 0 Å². The molecular formula is C18H23FO2P2. The van der Waals surface area contributed by atoms with Crippen molar-refractivity contribution >= 4 is 18.5 Å². The Morgan fingerprint density at radius 3 is 2.09 bits per heavy atom. The molecule has 0 saturated heterocycles. The van der Waals surface area contributed by atoms with Gasteiger partial charge in [0.05, 0.1) is 13.2 Å². The monoisotopic (exact) mass is 352 g/mol. The minimum atomic E-state index is -0.215. The Bertz CT molecular complexity index is 674. The maximum absolute atomic E-state index is 14.8. The maximum Gasteiger partial charge on any atom is 0.131 e. The summed E-state index contributed by atoms with van der Waals surface area (Å²) in [5.41, 5.74) is 5.45. The maximum atomic E-state index is 14.8. The molecule has 0 saturated carbocycles. The van der Waals surface area contributed by atoms with Crippen LogP contribution in [0.1, 0.15) is 22.3 Å². The van der Waals surface area contributed by atoms with Crippen molar-refractivity contribution in [1.29, 1.82) is 0 Å². The second-order valence-electron chi connectivity index (χ2n) is 5.38. The van der Waals surface area contributed by atoms with Crippen LogP contribution in [-0.4, -0.2) is 14.2 Å². The molecule has 23 heavy (non-hydrogen) atoms. The first-order valence-electron chi connectivity index (χ1n) is 7.46. The van der Waals surface area contributed by atoms with Gasteiger partial charge in [0.2, 0.25) is 0 Å². The largest absolute Gasteiger partial charge is 0.380 e. The summed E-state index contributed by atoms with van der Waals surface area (Å²) in [5.74, 6) is -0.215. The number of hydrogen-bond acceptors (Lipinski definition) is 2. The second-order valence-corrected chi connectivity index (χ2v) is 6.19. The smallest absolute Gasteiger partial charge is 0.131 e. The molecule has 0 aromatic heterocycles. The zero-order valence-corrected chi connectivity index (χ0v) is 15.9. The van der Waals surface area contributed by atoms with E-state index in [4.69, 9.17) is 9.47 Å². The van der Waals surface area contributed by atoms with E-state index in [1.54, 1.807) is 20.3 Å². The van der Waals surface area contributed by atoms with E-state index in [2.05, 4.69) is 24.5 Å². The Balaban J connectivity index is 2.64. The fourth-order valence-electron chi connectivity index (χ4n) is 2.71. The zero-order chi connectivity index (χ0) is 16.8. The molecule has 2 unspecified atom stereocenters. The van der Waals surface area contributed by atoms with Gasteiger partial charge < -0.3 is 9.47 Å². The van der Waals surface area contributed by atoms with Crippen LogP contribution in [0.5, 0.6) is 0 Å². The van der Waals surface area contributed by atoms with Crippen LogP contribution in [0.25, 0.3) is 11.1 Å². The van der Waals surface area contributed by atoms with Crippen LogP contribution < -0.4 is 0 Å². The zero-order valence-electron chi connectivity index (χ0n) is 13.6. The third kappa shape index (κ3) is 4.37. The molecule has 2 aromatic carbocycles. The van der Waals surface area contributed by atoms with Crippen molar-refractivity contribution < 1.29 is 13.9 Å². The highest BCUT2D eigenvalue weighted by atomic mass is 31.0. The SMILES string of the molecule is COCc1cc(CP)ccc1-c1c(F)cc(CP)cc1COC. The molecule has 0 heterocycles. The topological polar surface area (TPSA) is 18.5 Å². The average molecular weight is 352 g/mol. The summed E-state index contributed by atoms with van der Waals surface area (Å²) >= 11 is 0. The number of halogens is 1. The molecule has 2 atom stereocenters. The van der Waals surface area contributed by atoms with E-state index in [-0.39, 0.29) is 5.82 Å². The normalized spacial score (nSPS) is 11.0. The van der Waals surface area contributed by atoms with E-state index in [0.717, 1.165) is 28.4 Å². The lowest BCUT2D eigenvalue weighted by atomic mass is 9.93. The van der Waals surface area contributed by atoms with Crippen molar-refractivity contribution in [2.45, 2.75) is 25.5 Å². The summed E-state index contributed by atoms with van der Waals surface area (Å²) in [4.78, 5) is 0. The third-order valence-corrected chi connectivity index (χ3v) is 4.68. The number of rotatable bonds is 7. The fourth-order valence-corrected chi connectivity index (χ4v) is 3.20. The Hall–Kier alpha value is -0.850. The van der Waals surface area contributed by atoms with Gasteiger partial charge in [-0.15, -0.1) is 18.5 Å². The molecular weight excluding hydrogens is 329 g/mol. The van der Waals surface area contributed by atoms with E-state index >= 15 is 0 Å². The Morgan fingerprint density at radius 1 is 0.870 bits per heavy atom. The molecule has 0 fully saturated rings. The predicted molar refractivity (Wildman–Crippen MR) is 100 cm³/mol. The number of ether oxygens (including phenoxy) is 2. The van der Waals surface area contributed by atoms with Crippen molar-refractivity contribution in [3.63, 3.8) is 0 Å². The first-order chi connectivity index (χ1) is 11.1. The van der Waals surface area contributed by atoms with Crippen molar-refractivity contribution in [3.05, 3.63) is 58.4 Å². The standard InChI is InChI=1S/C18H23FO2P2/c1-20-8-14-5-12(10-22)3-4-16(14)18-15(9-21-2)6-13(11-23)7-17(18)19/h3-7H,8-11,22-23H2,1-2H3. The Morgan fingerprint density at radius 2 is 1.48 bits per heavy atom. The summed E-state index contributed by atoms with van der Waals surface area (Å²) < 4.78 is 25.4. The van der Waals surface area contributed by atoms with Gasteiger partial charge in [-0.2, -0.15) is 0 Å². The van der Waals surface area contributed by atoms with Gasteiger partial charge >= 0.3 is 0 Å². The van der Waals surface area contributed by atoms with Gasteiger partial charge in [-0.1, -0.05) is 24.3 Å². The summed E-state index contributed by atoms with van der Waals surface area (Å²) in [6, 6.07) is 9.69. The summed E-state index contributed by atoms with van der Waals surface area (Å²) in [6.07, 6.45) is 1.57. The summed E-state index contributed by atoms with van der Waals surface area (Å²) in [7, 11) is 8.62. The molecule has 0 amide bonds. The second kappa shape index (κ2) is 8.85. The number of benzene rings is 2. The lowest BCUT2D eigenvalue weighted by molar-refractivity contribution is 0.183. The van der Waals surface area contributed by atoms with Crippen molar-refractivity contribution in [2.24, 2.45) is 0 Å². The summed E-state index contributed by atoms with van der Waals surface area (Å²) in [5, 5.41) is 0. The van der Waals surface area contributed by atoms with E-state index < -0.39 is 0 Å². The van der Waals surface area contributed by atoms with E-state index in [1.807, 2.05) is 18.2 Å². The molecule has 0 aliphatic rings. The Kier molecular flexibility index (Phi) is 7.11. The van der Waals surface area contributed by atoms with Gasteiger partial charge in [0.1, 0.15) is 5.82 Å². The van der Waals surface area contributed by atoms with Crippen molar-refractivity contribution in [1.82, 2.24) is 0 Å². The minimum absolute atomic E-state index is 0.215. The first kappa shape index (κ1) is 18.5. The molecule has 2 rings (SSSR count). The van der Waals surface area contributed by atoms with Gasteiger partial charge in [0.25, 0.3) is 0 Å². The van der Waals surface area contributed by atoms with Crippen LogP contribution in [0.3, 0.4) is 0 Å². The van der Waals surface area contributed by atoms with Crippen LogP contribution in [0, 0.1) is 5.82 Å². The first-order valence-corrected chi connectivity index (χ1v) is 9.09. The highest BCUT2D eigenvalue weighted by Gasteiger charge is 2.16. The molecule has 2 nitrogen and oxygen atoms in total. The van der Waals surface area contributed by atoms with Gasteiger partial charge in [-0.3, -0.25) is 0 Å². The molecule has 0 radical (unpaired) electrons. The molecule has 124 valence electrons.